The lowest BCUT2D eigenvalue weighted by Gasteiger charge is -2.23. The Bertz CT molecular complexity index is 883. The highest BCUT2D eigenvalue weighted by molar-refractivity contribution is 5.61. The minimum absolute atomic E-state index is 0.167. The van der Waals surface area contributed by atoms with Crippen molar-refractivity contribution in [2.75, 3.05) is 11.5 Å². The predicted molar refractivity (Wildman–Crippen MR) is 117 cm³/mol. The molecular formula is C25H30N2. The molecule has 0 atom stereocenters. The fourth-order valence-electron chi connectivity index (χ4n) is 3.94. The second kappa shape index (κ2) is 7.87. The zero-order chi connectivity index (χ0) is 19.6. The SMILES string of the molecule is CCc1cc(C(c2ccccc2)c2cc(C)c(N)c(CC)c2)cc(C)c1N. The maximum Gasteiger partial charge on any atom is 0.0376 e. The molecule has 3 aromatic rings. The number of anilines is 2. The van der Waals surface area contributed by atoms with Gasteiger partial charge in [-0.05, 0) is 65.6 Å². The van der Waals surface area contributed by atoms with Gasteiger partial charge in [0.25, 0.3) is 0 Å². The molecule has 0 aliphatic rings. The molecule has 3 rings (SSSR count). The van der Waals surface area contributed by atoms with Gasteiger partial charge in [0.2, 0.25) is 0 Å². The van der Waals surface area contributed by atoms with Gasteiger partial charge in [0, 0.05) is 17.3 Å². The monoisotopic (exact) mass is 358 g/mol. The molecule has 2 heteroatoms. The van der Waals surface area contributed by atoms with Crippen LogP contribution in [0.1, 0.15) is 58.7 Å². The van der Waals surface area contributed by atoms with Gasteiger partial charge in [0.15, 0.2) is 0 Å². The van der Waals surface area contributed by atoms with Crippen LogP contribution in [0.5, 0.6) is 0 Å². The van der Waals surface area contributed by atoms with Crippen LogP contribution in [0.4, 0.5) is 11.4 Å². The summed E-state index contributed by atoms with van der Waals surface area (Å²) >= 11 is 0. The Kier molecular flexibility index (Phi) is 5.55. The summed E-state index contributed by atoms with van der Waals surface area (Å²) in [6.45, 7) is 8.53. The van der Waals surface area contributed by atoms with Gasteiger partial charge in [-0.2, -0.15) is 0 Å². The summed E-state index contributed by atoms with van der Waals surface area (Å²) in [5.41, 5.74) is 23.0. The Hall–Kier alpha value is -2.74. The normalized spacial score (nSPS) is 11.1. The number of nitrogen functional groups attached to an aromatic ring is 2. The van der Waals surface area contributed by atoms with Crippen molar-refractivity contribution in [1.29, 1.82) is 0 Å². The number of aryl methyl sites for hydroxylation is 4. The molecule has 0 aromatic heterocycles. The van der Waals surface area contributed by atoms with E-state index < -0.39 is 0 Å². The van der Waals surface area contributed by atoms with E-state index in [4.69, 9.17) is 11.5 Å². The average molecular weight is 359 g/mol. The van der Waals surface area contributed by atoms with E-state index in [0.29, 0.717) is 0 Å². The summed E-state index contributed by atoms with van der Waals surface area (Å²) < 4.78 is 0. The van der Waals surface area contributed by atoms with Crippen LogP contribution >= 0.6 is 0 Å². The van der Waals surface area contributed by atoms with Crippen LogP contribution in [0, 0.1) is 13.8 Å². The number of hydrogen-bond donors (Lipinski definition) is 2. The van der Waals surface area contributed by atoms with Gasteiger partial charge < -0.3 is 11.5 Å². The number of nitrogens with two attached hydrogens (primary N) is 2. The molecule has 3 aromatic carbocycles. The lowest BCUT2D eigenvalue weighted by Crippen LogP contribution is -2.08. The van der Waals surface area contributed by atoms with Crippen LogP contribution in [-0.4, -0.2) is 0 Å². The maximum atomic E-state index is 6.31. The Morgan fingerprint density at radius 2 is 1.11 bits per heavy atom. The van der Waals surface area contributed by atoms with Crippen LogP contribution in [-0.2, 0) is 12.8 Å². The molecule has 0 heterocycles. The van der Waals surface area contributed by atoms with E-state index in [1.165, 1.54) is 27.8 Å². The molecule has 0 bridgehead atoms. The Labute approximate surface area is 163 Å². The smallest absolute Gasteiger partial charge is 0.0376 e. The van der Waals surface area contributed by atoms with Crippen molar-refractivity contribution in [2.45, 2.75) is 46.5 Å². The highest BCUT2D eigenvalue weighted by Crippen LogP contribution is 2.37. The molecule has 0 radical (unpaired) electrons. The molecular weight excluding hydrogens is 328 g/mol. The quantitative estimate of drug-likeness (QED) is 0.449. The molecule has 0 fully saturated rings. The van der Waals surface area contributed by atoms with Crippen LogP contribution in [0.3, 0.4) is 0 Å². The summed E-state index contributed by atoms with van der Waals surface area (Å²) in [6, 6.07) is 19.7. The summed E-state index contributed by atoms with van der Waals surface area (Å²) in [5, 5.41) is 0. The van der Waals surface area contributed by atoms with Crippen LogP contribution in [0.25, 0.3) is 0 Å². The molecule has 0 saturated carbocycles. The van der Waals surface area contributed by atoms with Crippen molar-refractivity contribution < 1.29 is 0 Å². The van der Waals surface area contributed by atoms with E-state index in [9.17, 15) is 0 Å². The van der Waals surface area contributed by atoms with Crippen molar-refractivity contribution >= 4 is 11.4 Å². The molecule has 0 spiro atoms. The lowest BCUT2D eigenvalue weighted by atomic mass is 9.81. The van der Waals surface area contributed by atoms with E-state index in [1.807, 2.05) is 0 Å². The van der Waals surface area contributed by atoms with Gasteiger partial charge >= 0.3 is 0 Å². The van der Waals surface area contributed by atoms with Gasteiger partial charge in [0.05, 0.1) is 0 Å². The first kappa shape index (κ1) is 19.0. The maximum absolute atomic E-state index is 6.31. The van der Waals surface area contributed by atoms with Crippen molar-refractivity contribution in [1.82, 2.24) is 0 Å². The second-order valence-electron chi connectivity index (χ2n) is 7.37. The fraction of sp³-hybridized carbons (Fsp3) is 0.280. The van der Waals surface area contributed by atoms with E-state index in [-0.39, 0.29) is 5.92 Å². The van der Waals surface area contributed by atoms with Gasteiger partial charge in [0.1, 0.15) is 0 Å². The third kappa shape index (κ3) is 3.71. The summed E-state index contributed by atoms with van der Waals surface area (Å²) in [5.74, 6) is 0.167. The Morgan fingerprint density at radius 1 is 0.667 bits per heavy atom. The molecule has 0 aliphatic heterocycles. The summed E-state index contributed by atoms with van der Waals surface area (Å²) in [7, 11) is 0. The van der Waals surface area contributed by atoms with Gasteiger partial charge in [-0.15, -0.1) is 0 Å². The van der Waals surface area contributed by atoms with E-state index in [0.717, 1.165) is 35.3 Å². The molecule has 27 heavy (non-hydrogen) atoms. The minimum atomic E-state index is 0.167. The van der Waals surface area contributed by atoms with Crippen molar-refractivity contribution in [3.8, 4) is 0 Å². The van der Waals surface area contributed by atoms with Gasteiger partial charge in [-0.1, -0.05) is 68.4 Å². The highest BCUT2D eigenvalue weighted by Gasteiger charge is 2.20. The first-order valence-electron chi connectivity index (χ1n) is 9.78. The minimum Gasteiger partial charge on any atom is -0.398 e. The van der Waals surface area contributed by atoms with Crippen molar-refractivity contribution in [3.05, 3.63) is 93.5 Å². The summed E-state index contributed by atoms with van der Waals surface area (Å²) in [6.07, 6.45) is 1.87. The van der Waals surface area contributed by atoms with Crippen molar-refractivity contribution in [3.63, 3.8) is 0 Å². The third-order valence-corrected chi connectivity index (χ3v) is 5.55. The molecule has 0 saturated heterocycles. The molecule has 0 amide bonds. The average Bonchev–Trinajstić information content (AvgIpc) is 2.68. The number of hydrogen-bond acceptors (Lipinski definition) is 2. The van der Waals surface area contributed by atoms with E-state index in [1.54, 1.807) is 0 Å². The summed E-state index contributed by atoms with van der Waals surface area (Å²) in [4.78, 5) is 0. The number of benzene rings is 3. The van der Waals surface area contributed by atoms with Crippen LogP contribution in [0.15, 0.2) is 54.6 Å². The molecule has 0 unspecified atom stereocenters. The predicted octanol–water partition coefficient (Wildman–Crippen LogP) is 5.77. The van der Waals surface area contributed by atoms with Crippen LogP contribution in [0.2, 0.25) is 0 Å². The van der Waals surface area contributed by atoms with Crippen molar-refractivity contribution in [2.24, 2.45) is 0 Å². The third-order valence-electron chi connectivity index (χ3n) is 5.55. The number of rotatable bonds is 5. The largest absolute Gasteiger partial charge is 0.398 e. The topological polar surface area (TPSA) is 52.0 Å². The highest BCUT2D eigenvalue weighted by atomic mass is 14.6. The van der Waals surface area contributed by atoms with E-state index in [2.05, 4.69) is 82.3 Å². The van der Waals surface area contributed by atoms with Gasteiger partial charge in [-0.25, -0.2) is 0 Å². The molecule has 2 nitrogen and oxygen atoms in total. The lowest BCUT2D eigenvalue weighted by molar-refractivity contribution is 0.954. The standard InChI is InChI=1S/C25H30N2/c1-5-18-14-21(12-16(3)24(18)26)23(20-10-8-7-9-11-20)22-13-17(4)25(27)19(6-2)15-22/h7-15,23H,5-6,26-27H2,1-4H3. The zero-order valence-electron chi connectivity index (χ0n) is 16.8. The molecule has 4 N–H and O–H groups in total. The van der Waals surface area contributed by atoms with Gasteiger partial charge in [-0.3, -0.25) is 0 Å². The fourth-order valence-corrected chi connectivity index (χ4v) is 3.94. The van der Waals surface area contributed by atoms with Crippen LogP contribution < -0.4 is 11.5 Å². The first-order valence-corrected chi connectivity index (χ1v) is 9.78. The Morgan fingerprint density at radius 3 is 1.52 bits per heavy atom. The van der Waals surface area contributed by atoms with E-state index >= 15 is 0 Å². The Balaban J connectivity index is 2.26. The zero-order valence-corrected chi connectivity index (χ0v) is 16.8. The molecule has 140 valence electrons. The molecule has 0 aliphatic carbocycles. The first-order chi connectivity index (χ1) is 13.0. The second-order valence-corrected chi connectivity index (χ2v) is 7.37.